The lowest BCUT2D eigenvalue weighted by Crippen LogP contribution is -2.32. The Morgan fingerprint density at radius 1 is 0.846 bits per heavy atom. The van der Waals surface area contributed by atoms with E-state index in [4.69, 9.17) is 0 Å². The van der Waals surface area contributed by atoms with Crippen LogP contribution in [0.2, 0.25) is 0 Å². The van der Waals surface area contributed by atoms with Crippen molar-refractivity contribution in [3.8, 4) is 0 Å². The van der Waals surface area contributed by atoms with Crippen LogP contribution < -0.4 is 5.32 Å². The average Bonchev–Trinajstić information content (AvgIpc) is 2.65. The van der Waals surface area contributed by atoms with Gasteiger partial charge in [-0.2, -0.15) is 0 Å². The van der Waals surface area contributed by atoms with E-state index >= 15 is 0 Å². The first-order valence-corrected chi connectivity index (χ1v) is 11.1. The van der Waals surface area contributed by atoms with E-state index in [0.29, 0.717) is 6.42 Å². The van der Waals surface area contributed by atoms with Gasteiger partial charge in [-0.15, -0.1) is 0 Å². The van der Waals surface area contributed by atoms with Gasteiger partial charge in [0.05, 0.1) is 0 Å². The molecule has 0 fully saturated rings. The van der Waals surface area contributed by atoms with Crippen molar-refractivity contribution in [3.05, 3.63) is 35.9 Å². The van der Waals surface area contributed by atoms with Crippen molar-refractivity contribution in [3.63, 3.8) is 0 Å². The van der Waals surface area contributed by atoms with Crippen LogP contribution in [0.4, 0.5) is 0 Å². The minimum absolute atomic E-state index is 0.224. The molecule has 1 amide bonds. The predicted octanol–water partition coefficient (Wildman–Crippen LogP) is 6.83. The van der Waals surface area contributed by atoms with Gasteiger partial charge in [0.25, 0.3) is 0 Å². The Kier molecular flexibility index (Phi) is 13.9. The topological polar surface area (TPSA) is 29.1 Å². The van der Waals surface area contributed by atoms with Gasteiger partial charge in [-0.05, 0) is 31.7 Å². The second-order valence-corrected chi connectivity index (χ2v) is 7.78. The SMILES string of the molecule is CCCCCCCCCCCCCC(=O)N[C@H](C)CCc1ccccc1. The highest BCUT2D eigenvalue weighted by molar-refractivity contribution is 5.76. The minimum atomic E-state index is 0.224. The molecule has 1 N–H and O–H groups in total. The van der Waals surface area contributed by atoms with Crippen LogP contribution in [0, 0.1) is 0 Å². The maximum atomic E-state index is 12.0. The second kappa shape index (κ2) is 15.9. The average molecular weight is 360 g/mol. The molecule has 0 spiro atoms. The minimum Gasteiger partial charge on any atom is -0.354 e. The molecule has 1 rings (SSSR count). The van der Waals surface area contributed by atoms with Crippen LogP contribution in [-0.4, -0.2) is 11.9 Å². The summed E-state index contributed by atoms with van der Waals surface area (Å²) in [6.07, 6.45) is 17.3. The fourth-order valence-electron chi connectivity index (χ4n) is 3.40. The Balaban J connectivity index is 1.90. The van der Waals surface area contributed by atoms with Crippen molar-refractivity contribution in [1.82, 2.24) is 5.32 Å². The summed E-state index contributed by atoms with van der Waals surface area (Å²) < 4.78 is 0. The summed E-state index contributed by atoms with van der Waals surface area (Å²) in [4.78, 5) is 12.0. The summed E-state index contributed by atoms with van der Waals surface area (Å²) in [5.74, 6) is 0.224. The van der Waals surface area contributed by atoms with Crippen LogP contribution >= 0.6 is 0 Å². The molecule has 2 nitrogen and oxygen atoms in total. The molecule has 1 aromatic carbocycles. The molecule has 0 saturated heterocycles. The lowest BCUT2D eigenvalue weighted by Gasteiger charge is -2.14. The third kappa shape index (κ3) is 13.0. The Morgan fingerprint density at radius 2 is 1.38 bits per heavy atom. The summed E-state index contributed by atoms with van der Waals surface area (Å²) in [6, 6.07) is 10.8. The molecule has 0 aliphatic heterocycles. The monoisotopic (exact) mass is 359 g/mol. The molecule has 0 radical (unpaired) electrons. The van der Waals surface area contributed by atoms with Crippen LogP contribution in [0.15, 0.2) is 30.3 Å². The number of benzene rings is 1. The Hall–Kier alpha value is -1.31. The van der Waals surface area contributed by atoms with Crippen LogP contribution in [-0.2, 0) is 11.2 Å². The number of unbranched alkanes of at least 4 members (excludes halogenated alkanes) is 10. The number of nitrogens with one attached hydrogen (secondary N) is 1. The zero-order valence-electron chi connectivity index (χ0n) is 17.3. The van der Waals surface area contributed by atoms with E-state index < -0.39 is 0 Å². The van der Waals surface area contributed by atoms with Crippen molar-refractivity contribution in [2.75, 3.05) is 0 Å². The summed E-state index contributed by atoms with van der Waals surface area (Å²) in [7, 11) is 0. The first kappa shape index (κ1) is 22.7. The van der Waals surface area contributed by atoms with Crippen LogP contribution in [0.5, 0.6) is 0 Å². The second-order valence-electron chi connectivity index (χ2n) is 7.78. The van der Waals surface area contributed by atoms with Crippen molar-refractivity contribution >= 4 is 5.91 Å². The van der Waals surface area contributed by atoms with Gasteiger partial charge in [0.2, 0.25) is 5.91 Å². The molecule has 0 aliphatic carbocycles. The molecule has 0 bridgehead atoms. The molecule has 0 aliphatic rings. The smallest absolute Gasteiger partial charge is 0.220 e. The zero-order chi connectivity index (χ0) is 18.9. The van der Waals surface area contributed by atoms with E-state index in [2.05, 4.69) is 43.4 Å². The highest BCUT2D eigenvalue weighted by atomic mass is 16.1. The number of amides is 1. The predicted molar refractivity (Wildman–Crippen MR) is 113 cm³/mol. The highest BCUT2D eigenvalue weighted by Crippen LogP contribution is 2.12. The normalized spacial score (nSPS) is 12.1. The molecule has 0 aromatic heterocycles. The fourth-order valence-corrected chi connectivity index (χ4v) is 3.40. The highest BCUT2D eigenvalue weighted by Gasteiger charge is 2.07. The van der Waals surface area contributed by atoms with E-state index in [0.717, 1.165) is 19.3 Å². The first-order chi connectivity index (χ1) is 12.7. The molecule has 0 unspecified atom stereocenters. The number of rotatable bonds is 16. The van der Waals surface area contributed by atoms with Gasteiger partial charge in [-0.3, -0.25) is 4.79 Å². The van der Waals surface area contributed by atoms with Crippen molar-refractivity contribution in [1.29, 1.82) is 0 Å². The number of carbonyl (C=O) groups excluding carboxylic acids is 1. The molecule has 0 heterocycles. The van der Waals surface area contributed by atoms with E-state index in [1.807, 2.05) is 6.07 Å². The van der Waals surface area contributed by atoms with E-state index in [9.17, 15) is 4.79 Å². The standard InChI is InChI=1S/C24H41NO/c1-3-4-5-6-7-8-9-10-11-12-16-19-24(26)25-22(2)20-21-23-17-14-13-15-18-23/h13-15,17-18,22H,3-12,16,19-21H2,1-2H3,(H,25,26)/t22-/m1/s1. The van der Waals surface area contributed by atoms with Crippen LogP contribution in [0.25, 0.3) is 0 Å². The molecular weight excluding hydrogens is 318 g/mol. The number of aryl methyl sites for hydroxylation is 1. The van der Waals surface area contributed by atoms with Crippen LogP contribution in [0.3, 0.4) is 0 Å². The summed E-state index contributed by atoms with van der Waals surface area (Å²) in [5, 5.41) is 3.15. The molecule has 26 heavy (non-hydrogen) atoms. The zero-order valence-corrected chi connectivity index (χ0v) is 17.3. The van der Waals surface area contributed by atoms with Crippen LogP contribution in [0.1, 0.15) is 103 Å². The third-order valence-corrected chi connectivity index (χ3v) is 5.12. The number of carbonyl (C=O) groups is 1. The van der Waals surface area contributed by atoms with Gasteiger partial charge in [0, 0.05) is 12.5 Å². The molecular formula is C24H41NO. The van der Waals surface area contributed by atoms with E-state index in [-0.39, 0.29) is 11.9 Å². The third-order valence-electron chi connectivity index (χ3n) is 5.12. The van der Waals surface area contributed by atoms with Crippen molar-refractivity contribution in [2.45, 2.75) is 110 Å². The maximum absolute atomic E-state index is 12.0. The number of hydrogen-bond acceptors (Lipinski definition) is 1. The van der Waals surface area contributed by atoms with E-state index in [1.54, 1.807) is 0 Å². The molecule has 148 valence electrons. The van der Waals surface area contributed by atoms with E-state index in [1.165, 1.54) is 69.8 Å². The fraction of sp³-hybridized carbons (Fsp3) is 0.708. The van der Waals surface area contributed by atoms with Gasteiger partial charge in [0.1, 0.15) is 0 Å². The van der Waals surface area contributed by atoms with Gasteiger partial charge in [-0.1, -0.05) is 101 Å². The molecule has 1 aromatic rings. The van der Waals surface area contributed by atoms with Crippen molar-refractivity contribution in [2.24, 2.45) is 0 Å². The lowest BCUT2D eigenvalue weighted by molar-refractivity contribution is -0.121. The molecule has 0 saturated carbocycles. The maximum Gasteiger partial charge on any atom is 0.220 e. The van der Waals surface area contributed by atoms with Crippen molar-refractivity contribution < 1.29 is 4.79 Å². The van der Waals surface area contributed by atoms with Gasteiger partial charge < -0.3 is 5.32 Å². The quantitative estimate of drug-likeness (QED) is 0.322. The molecule has 1 atom stereocenters. The molecule has 2 heteroatoms. The summed E-state index contributed by atoms with van der Waals surface area (Å²) >= 11 is 0. The van der Waals surface area contributed by atoms with Gasteiger partial charge >= 0.3 is 0 Å². The van der Waals surface area contributed by atoms with Gasteiger partial charge in [-0.25, -0.2) is 0 Å². The Morgan fingerprint density at radius 3 is 1.96 bits per heavy atom. The first-order valence-electron chi connectivity index (χ1n) is 11.1. The Labute approximate surface area is 162 Å². The summed E-state index contributed by atoms with van der Waals surface area (Å²) in [5.41, 5.74) is 1.35. The largest absolute Gasteiger partial charge is 0.354 e. The lowest BCUT2D eigenvalue weighted by atomic mass is 10.0. The summed E-state index contributed by atoms with van der Waals surface area (Å²) in [6.45, 7) is 4.38. The Bertz CT molecular complexity index is 443. The van der Waals surface area contributed by atoms with Gasteiger partial charge in [0.15, 0.2) is 0 Å². The number of hydrogen-bond donors (Lipinski definition) is 1.